The first-order chi connectivity index (χ1) is 9.08. The van der Waals surface area contributed by atoms with Crippen molar-refractivity contribution in [3.63, 3.8) is 0 Å². The first kappa shape index (κ1) is 15.7. The Hall–Kier alpha value is -1.36. The molecule has 1 unspecified atom stereocenters. The molecule has 0 spiro atoms. The zero-order valence-electron chi connectivity index (χ0n) is 11.8. The van der Waals surface area contributed by atoms with E-state index in [1.165, 1.54) is 0 Å². The van der Waals surface area contributed by atoms with Crippen molar-refractivity contribution in [3.05, 3.63) is 23.8 Å². The molecule has 106 valence electrons. The number of hydrogen-bond donors (Lipinski definition) is 3. The molecule has 1 aromatic rings. The zero-order chi connectivity index (χ0) is 14.3. The van der Waals surface area contributed by atoms with Crippen LogP contribution < -0.4 is 16.4 Å². The van der Waals surface area contributed by atoms with Gasteiger partial charge in [0.05, 0.1) is 11.4 Å². The Labute approximate surface area is 119 Å². The van der Waals surface area contributed by atoms with Crippen LogP contribution in [0.5, 0.6) is 0 Å². The van der Waals surface area contributed by atoms with Crippen molar-refractivity contribution in [1.29, 1.82) is 0 Å². The number of carbonyl (C=O) groups is 1. The van der Waals surface area contributed by atoms with E-state index in [0.717, 1.165) is 18.0 Å². The van der Waals surface area contributed by atoms with Crippen LogP contribution in [0.15, 0.2) is 18.2 Å². The number of rotatable bonds is 7. The van der Waals surface area contributed by atoms with Gasteiger partial charge in [-0.3, -0.25) is 4.79 Å². The second kappa shape index (κ2) is 7.94. The van der Waals surface area contributed by atoms with Crippen LogP contribution in [0.2, 0.25) is 0 Å². The van der Waals surface area contributed by atoms with Gasteiger partial charge in [-0.2, -0.15) is 11.8 Å². The topological polar surface area (TPSA) is 67.2 Å². The number of nitrogens with one attached hydrogen (secondary N) is 2. The third-order valence-electron chi connectivity index (χ3n) is 2.74. The maximum absolute atomic E-state index is 11.8. The third-order valence-corrected chi connectivity index (χ3v) is 3.65. The van der Waals surface area contributed by atoms with Crippen LogP contribution in [-0.2, 0) is 0 Å². The van der Waals surface area contributed by atoms with Crippen molar-refractivity contribution in [2.75, 3.05) is 36.1 Å². The first-order valence-corrected chi connectivity index (χ1v) is 7.88. The van der Waals surface area contributed by atoms with Gasteiger partial charge in [-0.25, -0.2) is 0 Å². The van der Waals surface area contributed by atoms with Crippen molar-refractivity contribution < 1.29 is 4.79 Å². The molecular formula is C14H23N3OS. The monoisotopic (exact) mass is 281 g/mol. The largest absolute Gasteiger partial charge is 0.397 e. The molecule has 0 aromatic heterocycles. The molecule has 1 rings (SSSR count). The van der Waals surface area contributed by atoms with Gasteiger partial charge in [0.15, 0.2) is 0 Å². The van der Waals surface area contributed by atoms with Crippen molar-refractivity contribution >= 4 is 29.0 Å². The highest BCUT2D eigenvalue weighted by Crippen LogP contribution is 2.20. The fourth-order valence-corrected chi connectivity index (χ4v) is 2.43. The average molecular weight is 281 g/mol. The zero-order valence-corrected chi connectivity index (χ0v) is 12.6. The maximum atomic E-state index is 11.8. The number of hydrogen-bond acceptors (Lipinski definition) is 4. The first-order valence-electron chi connectivity index (χ1n) is 6.49. The summed E-state index contributed by atoms with van der Waals surface area (Å²) in [4.78, 5) is 11.8. The standard InChI is InChI=1S/C14H23N3OS/c1-4-16-14(18)11-5-6-12(15)13(7-11)17-8-10(2)9-19-3/h5-7,10,17H,4,8-9,15H2,1-3H3,(H,16,18). The third kappa shape index (κ3) is 5.03. The summed E-state index contributed by atoms with van der Waals surface area (Å²) in [5, 5.41) is 6.10. The Kier molecular flexibility index (Phi) is 6.56. The van der Waals surface area contributed by atoms with E-state index >= 15 is 0 Å². The molecular weight excluding hydrogens is 258 g/mol. The lowest BCUT2D eigenvalue weighted by molar-refractivity contribution is 0.0956. The number of nitrogen functional groups attached to an aromatic ring is 1. The molecule has 0 fully saturated rings. The minimum Gasteiger partial charge on any atom is -0.397 e. The second-order valence-electron chi connectivity index (χ2n) is 4.60. The van der Waals surface area contributed by atoms with E-state index in [4.69, 9.17) is 5.73 Å². The fourth-order valence-electron chi connectivity index (χ4n) is 1.74. The lowest BCUT2D eigenvalue weighted by Crippen LogP contribution is -2.23. The van der Waals surface area contributed by atoms with Crippen molar-refractivity contribution in [2.24, 2.45) is 5.92 Å². The number of amides is 1. The summed E-state index contributed by atoms with van der Waals surface area (Å²) in [5.41, 5.74) is 8.06. The van der Waals surface area contributed by atoms with Crippen molar-refractivity contribution in [3.8, 4) is 0 Å². The van der Waals surface area contributed by atoms with Crippen LogP contribution >= 0.6 is 11.8 Å². The normalized spacial score (nSPS) is 11.9. The molecule has 4 nitrogen and oxygen atoms in total. The molecule has 0 aliphatic heterocycles. The van der Waals surface area contributed by atoms with Gasteiger partial charge in [0.25, 0.3) is 5.91 Å². The molecule has 0 saturated heterocycles. The smallest absolute Gasteiger partial charge is 0.251 e. The molecule has 0 heterocycles. The highest BCUT2D eigenvalue weighted by molar-refractivity contribution is 7.98. The van der Waals surface area contributed by atoms with Gasteiger partial charge in [0.1, 0.15) is 0 Å². The Morgan fingerprint density at radius 3 is 2.84 bits per heavy atom. The Morgan fingerprint density at radius 1 is 1.47 bits per heavy atom. The molecule has 1 atom stereocenters. The molecule has 0 saturated carbocycles. The van der Waals surface area contributed by atoms with Gasteiger partial charge in [-0.05, 0) is 43.0 Å². The Morgan fingerprint density at radius 2 is 2.21 bits per heavy atom. The number of nitrogens with two attached hydrogens (primary N) is 1. The summed E-state index contributed by atoms with van der Waals surface area (Å²) < 4.78 is 0. The molecule has 0 bridgehead atoms. The maximum Gasteiger partial charge on any atom is 0.251 e. The van der Waals surface area contributed by atoms with E-state index in [1.807, 2.05) is 24.8 Å². The molecule has 4 N–H and O–H groups in total. The number of anilines is 2. The van der Waals surface area contributed by atoms with Crippen LogP contribution in [0.1, 0.15) is 24.2 Å². The lowest BCUT2D eigenvalue weighted by Gasteiger charge is -2.15. The van der Waals surface area contributed by atoms with Gasteiger partial charge in [-0.15, -0.1) is 0 Å². The summed E-state index contributed by atoms with van der Waals surface area (Å²) in [7, 11) is 0. The molecule has 19 heavy (non-hydrogen) atoms. The highest BCUT2D eigenvalue weighted by atomic mass is 32.2. The van der Waals surface area contributed by atoms with E-state index < -0.39 is 0 Å². The quantitative estimate of drug-likeness (QED) is 0.672. The Bertz CT molecular complexity index is 423. The molecule has 0 aliphatic carbocycles. The summed E-state index contributed by atoms with van der Waals surface area (Å²) >= 11 is 1.83. The van der Waals surface area contributed by atoms with E-state index in [2.05, 4.69) is 23.8 Å². The SMILES string of the molecule is CCNC(=O)c1ccc(N)c(NCC(C)CSC)c1. The number of benzene rings is 1. The summed E-state index contributed by atoms with van der Waals surface area (Å²) in [6, 6.07) is 5.33. The van der Waals surface area contributed by atoms with Crippen LogP contribution in [-0.4, -0.2) is 31.0 Å². The predicted molar refractivity (Wildman–Crippen MR) is 84.9 cm³/mol. The van der Waals surface area contributed by atoms with E-state index in [9.17, 15) is 4.79 Å². The van der Waals surface area contributed by atoms with Crippen LogP contribution in [0.4, 0.5) is 11.4 Å². The van der Waals surface area contributed by atoms with Crippen molar-refractivity contribution in [2.45, 2.75) is 13.8 Å². The van der Waals surface area contributed by atoms with Gasteiger partial charge >= 0.3 is 0 Å². The van der Waals surface area contributed by atoms with E-state index in [1.54, 1.807) is 12.1 Å². The minimum atomic E-state index is -0.0669. The summed E-state index contributed by atoms with van der Waals surface area (Å²) in [6.07, 6.45) is 2.10. The highest BCUT2D eigenvalue weighted by Gasteiger charge is 2.08. The average Bonchev–Trinajstić information content (AvgIpc) is 2.38. The predicted octanol–water partition coefficient (Wildman–Crippen LogP) is 2.43. The van der Waals surface area contributed by atoms with Crippen LogP contribution in [0.25, 0.3) is 0 Å². The van der Waals surface area contributed by atoms with Gasteiger partial charge in [0.2, 0.25) is 0 Å². The number of carbonyl (C=O) groups excluding carboxylic acids is 1. The second-order valence-corrected chi connectivity index (χ2v) is 5.51. The molecule has 1 aromatic carbocycles. The van der Waals surface area contributed by atoms with Gasteiger partial charge < -0.3 is 16.4 Å². The summed E-state index contributed by atoms with van der Waals surface area (Å²) in [6.45, 7) is 5.56. The summed E-state index contributed by atoms with van der Waals surface area (Å²) in [5.74, 6) is 1.59. The minimum absolute atomic E-state index is 0.0669. The number of thioether (sulfide) groups is 1. The van der Waals surface area contributed by atoms with E-state index in [0.29, 0.717) is 23.7 Å². The van der Waals surface area contributed by atoms with Crippen LogP contribution in [0, 0.1) is 5.92 Å². The van der Waals surface area contributed by atoms with Crippen LogP contribution in [0.3, 0.4) is 0 Å². The molecule has 1 amide bonds. The fraction of sp³-hybridized carbons (Fsp3) is 0.500. The molecule has 0 radical (unpaired) electrons. The molecule has 5 heteroatoms. The molecule has 0 aliphatic rings. The van der Waals surface area contributed by atoms with Gasteiger partial charge in [-0.1, -0.05) is 6.92 Å². The van der Waals surface area contributed by atoms with Gasteiger partial charge in [0, 0.05) is 18.7 Å². The van der Waals surface area contributed by atoms with Crippen molar-refractivity contribution in [1.82, 2.24) is 5.32 Å². The Balaban J connectivity index is 2.71. The van der Waals surface area contributed by atoms with E-state index in [-0.39, 0.29) is 5.91 Å². The lowest BCUT2D eigenvalue weighted by atomic mass is 10.1.